The van der Waals surface area contributed by atoms with Crippen LogP contribution < -0.4 is 10.6 Å². The van der Waals surface area contributed by atoms with Crippen LogP contribution in [0.15, 0.2) is 77.3 Å². The molecule has 0 aliphatic carbocycles. The van der Waals surface area contributed by atoms with Crippen molar-refractivity contribution in [2.75, 3.05) is 10.6 Å². The third-order valence-electron chi connectivity index (χ3n) is 5.73. The fourth-order valence-corrected chi connectivity index (χ4v) is 4.09. The maximum Gasteiger partial charge on any atom is 0.412 e. The number of aromatic nitrogens is 1. The van der Waals surface area contributed by atoms with Gasteiger partial charge < -0.3 is 19.7 Å². The lowest BCUT2D eigenvalue weighted by atomic mass is 10.1. The van der Waals surface area contributed by atoms with Gasteiger partial charge in [-0.3, -0.25) is 14.9 Å². The smallest absolute Gasteiger partial charge is 0.412 e. The van der Waals surface area contributed by atoms with Gasteiger partial charge in [0.25, 0.3) is 5.91 Å². The van der Waals surface area contributed by atoms with Crippen LogP contribution in [-0.2, 0) is 16.0 Å². The van der Waals surface area contributed by atoms with E-state index in [-0.39, 0.29) is 6.42 Å². The largest absolute Gasteiger partial charge is 0.481 e. The fourth-order valence-electron chi connectivity index (χ4n) is 3.80. The first-order valence-corrected chi connectivity index (χ1v) is 12.0. The maximum atomic E-state index is 12.8. The molecule has 1 heterocycles. The highest BCUT2D eigenvalue weighted by molar-refractivity contribution is 6.31. The summed E-state index contributed by atoms with van der Waals surface area (Å²) in [5.74, 6) is -1.10. The number of aliphatic carboxylic acids is 1. The Morgan fingerprint density at radius 2 is 1.68 bits per heavy atom. The zero-order valence-electron chi connectivity index (χ0n) is 20.5. The third kappa shape index (κ3) is 6.19. The molecule has 0 saturated heterocycles. The minimum absolute atomic E-state index is 0.213. The van der Waals surface area contributed by atoms with Gasteiger partial charge in [-0.05, 0) is 43.7 Å². The third-order valence-corrected chi connectivity index (χ3v) is 6.08. The Bertz CT molecular complexity index is 1480. The summed E-state index contributed by atoms with van der Waals surface area (Å²) in [6.45, 7) is 3.39. The quantitative estimate of drug-likeness (QED) is 0.236. The van der Waals surface area contributed by atoms with E-state index in [1.165, 1.54) is 0 Å². The average Bonchev–Trinajstić information content (AvgIpc) is 3.24. The number of benzene rings is 3. The molecule has 3 aromatic carbocycles. The lowest BCUT2D eigenvalue weighted by molar-refractivity contribution is -0.136. The number of anilines is 2. The molecule has 4 rings (SSSR count). The van der Waals surface area contributed by atoms with Gasteiger partial charge in [0, 0.05) is 27.4 Å². The fraction of sp³-hybridized carbons (Fsp3) is 0.143. The second-order valence-electron chi connectivity index (χ2n) is 8.43. The summed E-state index contributed by atoms with van der Waals surface area (Å²) in [5, 5.41) is 19.0. The van der Waals surface area contributed by atoms with Crippen LogP contribution in [0, 0.1) is 6.92 Å². The normalized spacial score (nSPS) is 11.4. The van der Waals surface area contributed by atoms with Crippen molar-refractivity contribution in [2.24, 2.45) is 0 Å². The summed E-state index contributed by atoms with van der Waals surface area (Å²) >= 11 is 6.19. The van der Waals surface area contributed by atoms with Gasteiger partial charge in [-0.25, -0.2) is 4.79 Å². The van der Waals surface area contributed by atoms with Gasteiger partial charge in [-0.2, -0.15) is 0 Å². The minimum atomic E-state index is -0.995. The van der Waals surface area contributed by atoms with E-state index in [0.717, 1.165) is 0 Å². The number of nitrogens with one attached hydrogen (secondary N) is 2. The van der Waals surface area contributed by atoms with Crippen molar-refractivity contribution in [3.8, 4) is 11.3 Å². The number of aryl methyl sites for hydroxylation is 1. The van der Waals surface area contributed by atoms with Crippen LogP contribution in [0.25, 0.3) is 11.3 Å². The Hall–Kier alpha value is -4.63. The van der Waals surface area contributed by atoms with E-state index in [1.54, 1.807) is 86.6 Å². The highest BCUT2D eigenvalue weighted by Gasteiger charge is 2.21. The predicted molar refractivity (Wildman–Crippen MR) is 142 cm³/mol. The molecule has 0 radical (unpaired) electrons. The molecule has 10 heteroatoms. The van der Waals surface area contributed by atoms with Crippen LogP contribution >= 0.6 is 11.6 Å². The Morgan fingerprint density at radius 3 is 2.39 bits per heavy atom. The van der Waals surface area contributed by atoms with Gasteiger partial charge in [0.1, 0.15) is 17.5 Å². The van der Waals surface area contributed by atoms with E-state index in [2.05, 4.69) is 15.8 Å². The van der Waals surface area contributed by atoms with Crippen LogP contribution in [0.5, 0.6) is 0 Å². The summed E-state index contributed by atoms with van der Waals surface area (Å²) in [6.07, 6.45) is -1.51. The van der Waals surface area contributed by atoms with Crippen LogP contribution in [0.2, 0.25) is 5.02 Å². The number of hydrogen-bond donors (Lipinski definition) is 3. The minimum Gasteiger partial charge on any atom is -0.481 e. The van der Waals surface area contributed by atoms with E-state index in [0.29, 0.717) is 50.1 Å². The number of amides is 2. The van der Waals surface area contributed by atoms with Gasteiger partial charge in [0.2, 0.25) is 0 Å². The van der Waals surface area contributed by atoms with E-state index in [4.69, 9.17) is 26.0 Å². The van der Waals surface area contributed by atoms with E-state index < -0.39 is 24.1 Å². The molecule has 0 spiro atoms. The standard InChI is InChI=1S/C28H24ClN3O6/c1-16-25(31-28(36)37-17(2)21-8-4-5-9-22(21)29)26(38-32-16)18-11-13-19(14-12-18)27(35)30-23-10-6-3-7-20(23)15-24(33)34/h3-14,17H,15H2,1-2H3,(H,30,35)(H,31,36)(H,33,34)/t17-/m1/s1. The van der Waals surface area contributed by atoms with Crippen LogP contribution in [0.3, 0.4) is 0 Å². The van der Waals surface area contributed by atoms with Crippen molar-refractivity contribution in [1.29, 1.82) is 0 Å². The van der Waals surface area contributed by atoms with Gasteiger partial charge in [0.05, 0.1) is 6.42 Å². The highest BCUT2D eigenvalue weighted by atomic mass is 35.5. The molecule has 1 atom stereocenters. The number of para-hydroxylation sites is 1. The zero-order chi connectivity index (χ0) is 27.2. The van der Waals surface area contributed by atoms with Crippen LogP contribution in [0.1, 0.15) is 40.2 Å². The molecule has 3 N–H and O–H groups in total. The first-order valence-electron chi connectivity index (χ1n) is 11.6. The molecule has 194 valence electrons. The Labute approximate surface area is 223 Å². The van der Waals surface area contributed by atoms with Crippen molar-refractivity contribution >= 4 is 40.9 Å². The SMILES string of the molecule is Cc1noc(-c2ccc(C(=O)Nc3ccccc3CC(=O)O)cc2)c1NC(=O)O[C@H](C)c1ccccc1Cl. The molecule has 0 bridgehead atoms. The molecular formula is C28H24ClN3O6. The van der Waals surface area contributed by atoms with Crippen molar-refractivity contribution in [3.05, 3.63) is 100 Å². The number of rotatable bonds is 8. The van der Waals surface area contributed by atoms with E-state index >= 15 is 0 Å². The number of nitrogens with zero attached hydrogens (tertiary/aromatic N) is 1. The molecule has 0 aliphatic rings. The molecule has 1 aromatic heterocycles. The second kappa shape index (κ2) is 11.6. The molecule has 0 aliphatic heterocycles. The first-order chi connectivity index (χ1) is 18.2. The number of carboxylic acid groups (broad SMARTS) is 1. The maximum absolute atomic E-state index is 12.8. The number of ether oxygens (including phenoxy) is 1. The zero-order valence-corrected chi connectivity index (χ0v) is 21.3. The Balaban J connectivity index is 1.46. The first kappa shape index (κ1) is 26.4. The van der Waals surface area contributed by atoms with Gasteiger partial charge >= 0.3 is 12.1 Å². The van der Waals surface area contributed by atoms with Crippen LogP contribution in [-0.4, -0.2) is 28.2 Å². The lowest BCUT2D eigenvalue weighted by Crippen LogP contribution is -2.17. The monoisotopic (exact) mass is 533 g/mol. The van der Waals surface area contributed by atoms with E-state index in [9.17, 15) is 14.4 Å². The summed E-state index contributed by atoms with van der Waals surface area (Å²) in [6, 6.07) is 20.3. The number of carboxylic acids is 1. The van der Waals surface area contributed by atoms with E-state index in [1.807, 2.05) is 0 Å². The Morgan fingerprint density at radius 1 is 1.00 bits per heavy atom. The van der Waals surface area contributed by atoms with Gasteiger partial charge in [-0.15, -0.1) is 0 Å². The number of hydrogen-bond acceptors (Lipinski definition) is 6. The molecule has 0 unspecified atom stereocenters. The van der Waals surface area contributed by atoms with Gasteiger partial charge in [0.15, 0.2) is 5.76 Å². The topological polar surface area (TPSA) is 131 Å². The second-order valence-corrected chi connectivity index (χ2v) is 8.83. The summed E-state index contributed by atoms with van der Waals surface area (Å²) in [7, 11) is 0. The molecule has 38 heavy (non-hydrogen) atoms. The molecule has 0 fully saturated rings. The number of carbonyl (C=O) groups excluding carboxylic acids is 2. The van der Waals surface area contributed by atoms with Gasteiger partial charge in [-0.1, -0.05) is 65.3 Å². The molecule has 4 aromatic rings. The van der Waals surface area contributed by atoms with Crippen molar-refractivity contribution in [2.45, 2.75) is 26.4 Å². The number of halogens is 1. The number of carbonyl (C=O) groups is 3. The Kier molecular flexibility index (Phi) is 8.08. The molecule has 0 saturated carbocycles. The predicted octanol–water partition coefficient (Wildman–Crippen LogP) is 6.49. The van der Waals surface area contributed by atoms with Crippen molar-refractivity contribution < 1.29 is 28.8 Å². The molecule has 9 nitrogen and oxygen atoms in total. The average molecular weight is 534 g/mol. The summed E-state index contributed by atoms with van der Waals surface area (Å²) in [4.78, 5) is 36.5. The van der Waals surface area contributed by atoms with Crippen molar-refractivity contribution in [3.63, 3.8) is 0 Å². The molecular weight excluding hydrogens is 510 g/mol. The molecule has 2 amide bonds. The van der Waals surface area contributed by atoms with Crippen LogP contribution in [0.4, 0.5) is 16.2 Å². The van der Waals surface area contributed by atoms with Crippen molar-refractivity contribution in [1.82, 2.24) is 5.16 Å². The summed E-state index contributed by atoms with van der Waals surface area (Å²) < 4.78 is 10.9. The highest BCUT2D eigenvalue weighted by Crippen LogP contribution is 2.32. The lowest BCUT2D eigenvalue weighted by Gasteiger charge is -2.15. The summed E-state index contributed by atoms with van der Waals surface area (Å²) in [5.41, 5.74) is 3.28.